The van der Waals surface area contributed by atoms with Gasteiger partial charge in [-0.2, -0.15) is 0 Å². The number of para-hydroxylation sites is 1. The highest BCUT2D eigenvalue weighted by atomic mass is 79.9. The van der Waals surface area contributed by atoms with Crippen LogP contribution in [0.4, 0.5) is 0 Å². The number of rotatable bonds is 4. The average Bonchev–Trinajstić information content (AvgIpc) is 2.47. The van der Waals surface area contributed by atoms with Crippen molar-refractivity contribution >= 4 is 21.8 Å². The van der Waals surface area contributed by atoms with Crippen molar-refractivity contribution in [3.63, 3.8) is 0 Å². The van der Waals surface area contributed by atoms with Crippen molar-refractivity contribution in [2.45, 2.75) is 13.3 Å². The van der Waals surface area contributed by atoms with E-state index in [2.05, 4.69) is 28.0 Å². The fourth-order valence-electron chi connectivity index (χ4n) is 1.86. The summed E-state index contributed by atoms with van der Waals surface area (Å²) in [5, 5.41) is 11.9. The standard InChI is InChI=1S/C15H15BrN2O2/c1-2-10-5-3-4-6-13(10)20-14-9-11(16)7-8-12(14)15(17)18-19/h3-9,19H,2H2,1H3,(H2,17,18). The molecule has 0 bridgehead atoms. The molecule has 4 nitrogen and oxygen atoms in total. The summed E-state index contributed by atoms with van der Waals surface area (Å²) in [6.45, 7) is 2.06. The van der Waals surface area contributed by atoms with E-state index in [9.17, 15) is 0 Å². The molecule has 0 aliphatic carbocycles. The largest absolute Gasteiger partial charge is 0.456 e. The van der Waals surface area contributed by atoms with Crippen molar-refractivity contribution in [2.75, 3.05) is 0 Å². The first-order valence-corrected chi connectivity index (χ1v) is 6.98. The summed E-state index contributed by atoms with van der Waals surface area (Å²) in [7, 11) is 0. The fraction of sp³-hybridized carbons (Fsp3) is 0.133. The molecule has 20 heavy (non-hydrogen) atoms. The molecule has 104 valence electrons. The van der Waals surface area contributed by atoms with Crippen molar-refractivity contribution in [1.29, 1.82) is 0 Å². The second kappa shape index (κ2) is 6.43. The minimum atomic E-state index is 0.0153. The zero-order valence-electron chi connectivity index (χ0n) is 11.0. The molecule has 0 aliphatic heterocycles. The van der Waals surface area contributed by atoms with Gasteiger partial charge < -0.3 is 15.7 Å². The first-order chi connectivity index (χ1) is 9.65. The van der Waals surface area contributed by atoms with E-state index in [4.69, 9.17) is 15.7 Å². The van der Waals surface area contributed by atoms with Gasteiger partial charge in [0.1, 0.15) is 11.5 Å². The molecule has 5 heteroatoms. The fourth-order valence-corrected chi connectivity index (χ4v) is 2.20. The van der Waals surface area contributed by atoms with Gasteiger partial charge in [0.15, 0.2) is 5.84 Å². The summed E-state index contributed by atoms with van der Waals surface area (Å²) in [5.74, 6) is 1.32. The Labute approximate surface area is 126 Å². The average molecular weight is 335 g/mol. The van der Waals surface area contributed by atoms with E-state index >= 15 is 0 Å². The molecule has 0 fully saturated rings. The normalized spacial score (nSPS) is 11.4. The van der Waals surface area contributed by atoms with Crippen molar-refractivity contribution in [2.24, 2.45) is 10.9 Å². The van der Waals surface area contributed by atoms with Crippen LogP contribution in [0.15, 0.2) is 52.1 Å². The van der Waals surface area contributed by atoms with E-state index in [1.807, 2.05) is 30.3 Å². The van der Waals surface area contributed by atoms with Gasteiger partial charge in [-0.1, -0.05) is 46.2 Å². The third kappa shape index (κ3) is 3.11. The van der Waals surface area contributed by atoms with Gasteiger partial charge in [-0.25, -0.2) is 0 Å². The van der Waals surface area contributed by atoms with Crippen molar-refractivity contribution in [1.82, 2.24) is 0 Å². The number of halogens is 1. The lowest BCUT2D eigenvalue weighted by Gasteiger charge is -2.13. The Morgan fingerprint density at radius 1 is 1.25 bits per heavy atom. The lowest BCUT2D eigenvalue weighted by atomic mass is 10.1. The maximum atomic E-state index is 8.84. The summed E-state index contributed by atoms with van der Waals surface area (Å²) in [4.78, 5) is 0. The van der Waals surface area contributed by atoms with Crippen LogP contribution in [0.1, 0.15) is 18.1 Å². The van der Waals surface area contributed by atoms with Crippen LogP contribution in [0.25, 0.3) is 0 Å². The molecule has 0 aromatic heterocycles. The molecule has 2 rings (SSSR count). The Bertz CT molecular complexity index is 642. The SMILES string of the molecule is CCc1ccccc1Oc1cc(Br)ccc1/C(N)=N/O. The predicted octanol–water partition coefficient (Wildman–Crippen LogP) is 3.90. The van der Waals surface area contributed by atoms with Crippen molar-refractivity contribution in [3.05, 3.63) is 58.1 Å². The Morgan fingerprint density at radius 2 is 2.00 bits per heavy atom. The summed E-state index contributed by atoms with van der Waals surface area (Å²) in [6.07, 6.45) is 0.864. The maximum Gasteiger partial charge on any atom is 0.173 e. The molecule has 0 saturated carbocycles. The van der Waals surface area contributed by atoms with Gasteiger partial charge in [-0.3, -0.25) is 0 Å². The van der Waals surface area contributed by atoms with E-state index in [0.717, 1.165) is 22.2 Å². The van der Waals surface area contributed by atoms with Crippen LogP contribution in [0.3, 0.4) is 0 Å². The van der Waals surface area contributed by atoms with E-state index in [0.29, 0.717) is 11.3 Å². The second-order valence-electron chi connectivity index (χ2n) is 4.19. The molecule has 0 heterocycles. The maximum absolute atomic E-state index is 8.84. The quantitative estimate of drug-likeness (QED) is 0.385. The van der Waals surface area contributed by atoms with Gasteiger partial charge in [0.05, 0.1) is 5.56 Å². The third-order valence-corrected chi connectivity index (χ3v) is 3.39. The topological polar surface area (TPSA) is 67.8 Å². The van der Waals surface area contributed by atoms with Crippen LogP contribution in [-0.2, 0) is 6.42 Å². The summed E-state index contributed by atoms with van der Waals surface area (Å²) in [5.41, 5.74) is 7.31. The smallest absolute Gasteiger partial charge is 0.173 e. The van der Waals surface area contributed by atoms with Gasteiger partial charge >= 0.3 is 0 Å². The summed E-state index contributed by atoms with van der Waals surface area (Å²) in [6, 6.07) is 13.1. The molecular formula is C15H15BrN2O2. The number of oxime groups is 1. The summed E-state index contributed by atoms with van der Waals surface area (Å²) >= 11 is 3.39. The minimum Gasteiger partial charge on any atom is -0.456 e. The number of benzene rings is 2. The van der Waals surface area contributed by atoms with Gasteiger partial charge in [0.25, 0.3) is 0 Å². The zero-order chi connectivity index (χ0) is 14.5. The van der Waals surface area contributed by atoms with Crippen LogP contribution in [0.2, 0.25) is 0 Å². The number of ether oxygens (including phenoxy) is 1. The van der Waals surface area contributed by atoms with Crippen molar-refractivity contribution < 1.29 is 9.94 Å². The molecule has 0 atom stereocenters. The van der Waals surface area contributed by atoms with Gasteiger partial charge in [-0.15, -0.1) is 0 Å². The molecule has 2 aromatic carbocycles. The number of amidine groups is 1. The van der Waals surface area contributed by atoms with Crippen molar-refractivity contribution in [3.8, 4) is 11.5 Å². The van der Waals surface area contributed by atoms with Crippen LogP contribution < -0.4 is 10.5 Å². The van der Waals surface area contributed by atoms with Crippen LogP contribution in [0, 0.1) is 0 Å². The Morgan fingerprint density at radius 3 is 2.70 bits per heavy atom. The Balaban J connectivity index is 2.45. The van der Waals surface area contributed by atoms with E-state index in [1.165, 1.54) is 0 Å². The highest BCUT2D eigenvalue weighted by Gasteiger charge is 2.11. The predicted molar refractivity (Wildman–Crippen MR) is 82.5 cm³/mol. The first-order valence-electron chi connectivity index (χ1n) is 6.19. The first kappa shape index (κ1) is 14.4. The lowest BCUT2D eigenvalue weighted by molar-refractivity contribution is 0.318. The molecule has 2 aromatic rings. The van der Waals surface area contributed by atoms with Gasteiger partial charge in [-0.05, 0) is 36.2 Å². The van der Waals surface area contributed by atoms with E-state index in [-0.39, 0.29) is 5.84 Å². The Hall–Kier alpha value is -2.01. The highest BCUT2D eigenvalue weighted by molar-refractivity contribution is 9.10. The van der Waals surface area contributed by atoms with Gasteiger partial charge in [0, 0.05) is 4.47 Å². The van der Waals surface area contributed by atoms with Crippen LogP contribution in [0.5, 0.6) is 11.5 Å². The number of hydrogen-bond acceptors (Lipinski definition) is 3. The van der Waals surface area contributed by atoms with Gasteiger partial charge in [0.2, 0.25) is 0 Å². The number of hydrogen-bond donors (Lipinski definition) is 2. The van der Waals surface area contributed by atoms with E-state index in [1.54, 1.807) is 12.1 Å². The molecule has 0 spiro atoms. The highest BCUT2D eigenvalue weighted by Crippen LogP contribution is 2.30. The molecular weight excluding hydrogens is 320 g/mol. The molecule has 0 radical (unpaired) electrons. The number of nitrogens with zero attached hydrogens (tertiary/aromatic N) is 1. The third-order valence-electron chi connectivity index (χ3n) is 2.90. The number of nitrogens with two attached hydrogens (primary N) is 1. The molecule has 0 aliphatic rings. The molecule has 0 amide bonds. The Kier molecular flexibility index (Phi) is 4.63. The van der Waals surface area contributed by atoms with Crippen LogP contribution >= 0.6 is 15.9 Å². The number of aryl methyl sites for hydroxylation is 1. The minimum absolute atomic E-state index is 0.0153. The monoisotopic (exact) mass is 334 g/mol. The van der Waals surface area contributed by atoms with Crippen LogP contribution in [-0.4, -0.2) is 11.0 Å². The second-order valence-corrected chi connectivity index (χ2v) is 5.10. The molecule has 0 unspecified atom stereocenters. The molecule has 3 N–H and O–H groups in total. The summed E-state index contributed by atoms with van der Waals surface area (Å²) < 4.78 is 6.79. The zero-order valence-corrected chi connectivity index (χ0v) is 12.6. The molecule has 0 saturated heterocycles. The van der Waals surface area contributed by atoms with E-state index < -0.39 is 0 Å². The lowest BCUT2D eigenvalue weighted by Crippen LogP contribution is -2.14.